The van der Waals surface area contributed by atoms with E-state index in [2.05, 4.69) is 0 Å². The molecule has 1 rings (SSSR count). The summed E-state index contributed by atoms with van der Waals surface area (Å²) in [6, 6.07) is 2.62. The SMILES string of the molecule is CC(C)(C(O)c1ccc(F)cc1F)S(C)(=O)=O. The Labute approximate surface area is 99.0 Å². The van der Waals surface area contributed by atoms with Crippen LogP contribution in [0.3, 0.4) is 0 Å². The summed E-state index contributed by atoms with van der Waals surface area (Å²) in [5, 5.41) is 9.91. The molecule has 0 bridgehead atoms. The lowest BCUT2D eigenvalue weighted by molar-refractivity contribution is 0.135. The van der Waals surface area contributed by atoms with Crippen LogP contribution in [0.15, 0.2) is 18.2 Å². The van der Waals surface area contributed by atoms with Crippen LogP contribution >= 0.6 is 0 Å². The number of benzene rings is 1. The Morgan fingerprint density at radius 2 is 1.82 bits per heavy atom. The van der Waals surface area contributed by atoms with Crippen LogP contribution in [-0.2, 0) is 9.84 Å². The van der Waals surface area contributed by atoms with Crippen LogP contribution in [0.5, 0.6) is 0 Å². The topological polar surface area (TPSA) is 54.4 Å². The molecule has 3 nitrogen and oxygen atoms in total. The Morgan fingerprint density at radius 1 is 1.29 bits per heavy atom. The number of halogens is 2. The van der Waals surface area contributed by atoms with E-state index in [1.807, 2.05) is 0 Å². The van der Waals surface area contributed by atoms with E-state index in [1.165, 1.54) is 13.8 Å². The molecular formula is C11H14F2O3S. The van der Waals surface area contributed by atoms with E-state index in [0.29, 0.717) is 6.07 Å². The summed E-state index contributed by atoms with van der Waals surface area (Å²) >= 11 is 0. The van der Waals surface area contributed by atoms with Gasteiger partial charge in [-0.1, -0.05) is 6.07 Å². The number of hydrogen-bond acceptors (Lipinski definition) is 3. The van der Waals surface area contributed by atoms with Crippen molar-refractivity contribution in [2.75, 3.05) is 6.26 Å². The molecule has 0 aliphatic heterocycles. The van der Waals surface area contributed by atoms with E-state index in [4.69, 9.17) is 0 Å². The average molecular weight is 264 g/mol. The molecule has 1 N–H and O–H groups in total. The second-order valence-corrected chi connectivity index (χ2v) is 7.04. The fraction of sp³-hybridized carbons (Fsp3) is 0.455. The van der Waals surface area contributed by atoms with Crippen molar-refractivity contribution < 1.29 is 22.3 Å². The fourth-order valence-electron chi connectivity index (χ4n) is 1.30. The summed E-state index contributed by atoms with van der Waals surface area (Å²) < 4.78 is 47.6. The van der Waals surface area contributed by atoms with Crippen molar-refractivity contribution in [3.8, 4) is 0 Å². The lowest BCUT2D eigenvalue weighted by atomic mass is 9.98. The summed E-state index contributed by atoms with van der Waals surface area (Å²) in [4.78, 5) is 0. The molecule has 6 heteroatoms. The molecular weight excluding hydrogens is 250 g/mol. The summed E-state index contributed by atoms with van der Waals surface area (Å²) in [5.74, 6) is -1.75. The van der Waals surface area contributed by atoms with Gasteiger partial charge in [-0.25, -0.2) is 17.2 Å². The zero-order valence-electron chi connectivity index (χ0n) is 9.74. The van der Waals surface area contributed by atoms with Crippen molar-refractivity contribution in [2.24, 2.45) is 0 Å². The van der Waals surface area contributed by atoms with Gasteiger partial charge in [0.1, 0.15) is 17.7 Å². The molecule has 0 aliphatic rings. The van der Waals surface area contributed by atoms with Gasteiger partial charge in [0, 0.05) is 17.9 Å². The molecule has 0 spiro atoms. The maximum absolute atomic E-state index is 13.4. The van der Waals surface area contributed by atoms with Crippen molar-refractivity contribution in [3.05, 3.63) is 35.4 Å². The van der Waals surface area contributed by atoms with E-state index < -0.39 is 32.3 Å². The number of aliphatic hydroxyl groups is 1. The van der Waals surface area contributed by atoms with Gasteiger partial charge in [-0.15, -0.1) is 0 Å². The second kappa shape index (κ2) is 4.34. The van der Waals surface area contributed by atoms with E-state index >= 15 is 0 Å². The quantitative estimate of drug-likeness (QED) is 0.906. The van der Waals surface area contributed by atoms with Crippen LogP contribution in [0.4, 0.5) is 8.78 Å². The van der Waals surface area contributed by atoms with Crippen molar-refractivity contribution in [1.82, 2.24) is 0 Å². The fourth-order valence-corrected chi connectivity index (χ4v) is 1.83. The van der Waals surface area contributed by atoms with E-state index in [9.17, 15) is 22.3 Å². The van der Waals surface area contributed by atoms with Gasteiger partial charge < -0.3 is 5.11 Å². The zero-order chi connectivity index (χ0) is 13.4. The molecule has 0 heterocycles. The highest BCUT2D eigenvalue weighted by Gasteiger charge is 2.40. The van der Waals surface area contributed by atoms with Gasteiger partial charge in [-0.05, 0) is 19.9 Å². The Kier molecular flexibility index (Phi) is 3.59. The van der Waals surface area contributed by atoms with Gasteiger partial charge >= 0.3 is 0 Å². The monoisotopic (exact) mass is 264 g/mol. The molecule has 0 radical (unpaired) electrons. The maximum atomic E-state index is 13.4. The van der Waals surface area contributed by atoms with Gasteiger partial charge in [0.25, 0.3) is 0 Å². The molecule has 0 saturated heterocycles. The summed E-state index contributed by atoms with van der Waals surface area (Å²) in [5.41, 5.74) is -0.234. The van der Waals surface area contributed by atoms with Gasteiger partial charge in [-0.3, -0.25) is 0 Å². The first-order chi connectivity index (χ1) is 7.57. The van der Waals surface area contributed by atoms with Crippen LogP contribution in [0.2, 0.25) is 0 Å². The average Bonchev–Trinajstić information content (AvgIpc) is 2.14. The lowest BCUT2D eigenvalue weighted by Gasteiger charge is -2.29. The van der Waals surface area contributed by atoms with Crippen LogP contribution in [-0.4, -0.2) is 24.5 Å². The summed E-state index contributed by atoms with van der Waals surface area (Å²) in [6.07, 6.45) is -0.601. The molecule has 0 fully saturated rings. The third kappa shape index (κ3) is 2.63. The van der Waals surface area contributed by atoms with Crippen LogP contribution in [0.1, 0.15) is 25.5 Å². The highest BCUT2D eigenvalue weighted by Crippen LogP contribution is 2.33. The van der Waals surface area contributed by atoms with E-state index in [0.717, 1.165) is 18.4 Å². The van der Waals surface area contributed by atoms with Crippen LogP contribution in [0, 0.1) is 11.6 Å². The first kappa shape index (κ1) is 14.1. The van der Waals surface area contributed by atoms with Crippen LogP contribution in [0.25, 0.3) is 0 Å². The minimum Gasteiger partial charge on any atom is -0.387 e. The molecule has 0 amide bonds. The molecule has 17 heavy (non-hydrogen) atoms. The molecule has 1 aromatic rings. The minimum atomic E-state index is -3.59. The molecule has 0 aliphatic carbocycles. The first-order valence-corrected chi connectivity index (χ1v) is 6.79. The lowest BCUT2D eigenvalue weighted by Crippen LogP contribution is -2.38. The van der Waals surface area contributed by atoms with E-state index in [1.54, 1.807) is 0 Å². The second-order valence-electron chi connectivity index (χ2n) is 4.44. The first-order valence-electron chi connectivity index (χ1n) is 4.90. The molecule has 1 unspecified atom stereocenters. The van der Waals surface area contributed by atoms with Gasteiger partial charge in [0.2, 0.25) is 0 Å². The summed E-state index contributed by atoms with van der Waals surface area (Å²) in [6.45, 7) is 2.57. The highest BCUT2D eigenvalue weighted by molar-refractivity contribution is 7.92. The minimum absolute atomic E-state index is 0.234. The summed E-state index contributed by atoms with van der Waals surface area (Å²) in [7, 11) is -3.59. The van der Waals surface area contributed by atoms with Gasteiger partial charge in [-0.2, -0.15) is 0 Å². The largest absolute Gasteiger partial charge is 0.387 e. The number of hydrogen-bond donors (Lipinski definition) is 1. The molecule has 1 atom stereocenters. The molecule has 0 saturated carbocycles. The molecule has 0 aromatic heterocycles. The Bertz CT molecular complexity index is 524. The number of aliphatic hydroxyl groups excluding tert-OH is 1. The Hall–Kier alpha value is -1.01. The van der Waals surface area contributed by atoms with Crippen LogP contribution < -0.4 is 0 Å². The third-order valence-corrected chi connectivity index (χ3v) is 5.01. The van der Waals surface area contributed by atoms with Crippen molar-refractivity contribution in [2.45, 2.75) is 24.7 Å². The predicted molar refractivity (Wildman–Crippen MR) is 60.2 cm³/mol. The maximum Gasteiger partial charge on any atom is 0.155 e. The Morgan fingerprint density at radius 3 is 2.24 bits per heavy atom. The standard InChI is InChI=1S/C11H14F2O3S/c1-11(2,17(3,15)16)10(14)8-5-4-7(12)6-9(8)13/h4-6,10,14H,1-3H3. The van der Waals surface area contributed by atoms with Crippen molar-refractivity contribution in [3.63, 3.8) is 0 Å². The van der Waals surface area contributed by atoms with Gasteiger partial charge in [0.05, 0.1) is 4.75 Å². The van der Waals surface area contributed by atoms with Crippen molar-refractivity contribution in [1.29, 1.82) is 0 Å². The zero-order valence-corrected chi connectivity index (χ0v) is 10.6. The highest BCUT2D eigenvalue weighted by atomic mass is 32.2. The van der Waals surface area contributed by atoms with Gasteiger partial charge in [0.15, 0.2) is 9.84 Å². The predicted octanol–water partition coefficient (Wildman–Crippen LogP) is 1.82. The smallest absolute Gasteiger partial charge is 0.155 e. The molecule has 96 valence electrons. The van der Waals surface area contributed by atoms with E-state index in [-0.39, 0.29) is 5.56 Å². The third-order valence-electron chi connectivity index (χ3n) is 2.87. The normalized spacial score (nSPS) is 14.7. The molecule has 1 aromatic carbocycles. The Balaban J connectivity index is 3.26. The van der Waals surface area contributed by atoms with Crippen molar-refractivity contribution >= 4 is 9.84 Å². The number of rotatable bonds is 3. The number of sulfone groups is 1.